The summed E-state index contributed by atoms with van der Waals surface area (Å²) in [6, 6.07) is 6.90. The summed E-state index contributed by atoms with van der Waals surface area (Å²) < 4.78 is 57.8. The molecule has 0 aliphatic carbocycles. The van der Waals surface area contributed by atoms with Crippen LogP contribution in [0.2, 0.25) is 5.02 Å². The number of nitrogens with zero attached hydrogens (tertiary/aromatic N) is 4. The Bertz CT molecular complexity index is 1490. The van der Waals surface area contributed by atoms with Gasteiger partial charge in [-0.25, -0.2) is 9.97 Å². The van der Waals surface area contributed by atoms with Crippen molar-refractivity contribution >= 4 is 22.5 Å². The van der Waals surface area contributed by atoms with E-state index >= 15 is 0 Å². The van der Waals surface area contributed by atoms with Crippen molar-refractivity contribution in [1.29, 1.82) is 0 Å². The number of rotatable bonds is 7. The lowest BCUT2D eigenvalue weighted by Gasteiger charge is -2.37. The molecule has 38 heavy (non-hydrogen) atoms. The molecule has 5 rings (SSSR count). The fraction of sp³-hybridized carbons (Fsp3) is 0.346. The topological polar surface area (TPSA) is 91.5 Å². The Labute approximate surface area is 221 Å². The van der Waals surface area contributed by atoms with Gasteiger partial charge in [-0.1, -0.05) is 30.7 Å². The second-order valence-corrected chi connectivity index (χ2v) is 10.00. The molecule has 1 atom stereocenters. The largest absolute Gasteiger partial charge is 0.486 e. The summed E-state index contributed by atoms with van der Waals surface area (Å²) in [6.45, 7) is 3.45. The van der Waals surface area contributed by atoms with E-state index in [1.54, 1.807) is 29.8 Å². The van der Waals surface area contributed by atoms with Crippen molar-refractivity contribution < 1.29 is 32.5 Å². The first kappa shape index (κ1) is 26.2. The molecule has 0 amide bonds. The van der Waals surface area contributed by atoms with Crippen molar-refractivity contribution in [2.24, 2.45) is 12.5 Å². The number of ether oxygens (including phenoxy) is 3. The van der Waals surface area contributed by atoms with Gasteiger partial charge in [0.25, 0.3) is 5.88 Å². The first-order valence-electron chi connectivity index (χ1n) is 11.6. The monoisotopic (exact) mass is 548 g/mol. The highest BCUT2D eigenvalue weighted by atomic mass is 35.5. The Morgan fingerprint density at radius 3 is 2.45 bits per heavy atom. The Balaban J connectivity index is 1.65. The number of aromatic nitrogens is 4. The van der Waals surface area contributed by atoms with Crippen molar-refractivity contribution in [3.63, 3.8) is 0 Å². The first-order valence-corrected chi connectivity index (χ1v) is 12.0. The molecule has 1 aromatic carbocycles. The molecule has 0 saturated carbocycles. The van der Waals surface area contributed by atoms with Crippen molar-refractivity contribution in [2.75, 3.05) is 26.9 Å². The third kappa shape index (κ3) is 4.44. The molecule has 1 aliphatic heterocycles. The van der Waals surface area contributed by atoms with Crippen LogP contribution in [0, 0.1) is 5.41 Å². The number of alkyl halides is 3. The minimum Gasteiger partial charge on any atom is -0.486 e. The lowest BCUT2D eigenvalue weighted by atomic mass is 9.83. The van der Waals surface area contributed by atoms with Gasteiger partial charge in [0.15, 0.2) is 5.60 Å². The molecule has 1 aliphatic rings. The lowest BCUT2D eigenvalue weighted by molar-refractivity contribution is -0.141. The maximum atomic E-state index is 13.2. The Kier molecular flexibility index (Phi) is 6.49. The van der Waals surface area contributed by atoms with Crippen LogP contribution in [0.5, 0.6) is 11.6 Å². The van der Waals surface area contributed by atoms with Gasteiger partial charge in [0.1, 0.15) is 5.69 Å². The molecule has 3 aromatic heterocycles. The van der Waals surface area contributed by atoms with Crippen LogP contribution >= 0.6 is 11.6 Å². The second kappa shape index (κ2) is 9.40. The smallest absolute Gasteiger partial charge is 0.433 e. The molecule has 0 spiro atoms. The highest BCUT2D eigenvalue weighted by molar-refractivity contribution is 6.37. The van der Waals surface area contributed by atoms with Gasteiger partial charge in [0.2, 0.25) is 5.75 Å². The predicted octanol–water partition coefficient (Wildman–Crippen LogP) is 4.74. The van der Waals surface area contributed by atoms with E-state index in [0.717, 1.165) is 12.3 Å². The molecule has 4 aromatic rings. The maximum Gasteiger partial charge on any atom is 0.433 e. The Hall–Kier alpha value is -3.41. The number of benzene rings is 1. The third-order valence-corrected chi connectivity index (χ3v) is 6.96. The molecule has 12 heteroatoms. The summed E-state index contributed by atoms with van der Waals surface area (Å²) in [7, 11) is 3.13. The average Bonchev–Trinajstić information content (AvgIpc) is 3.32. The van der Waals surface area contributed by atoms with E-state index in [9.17, 15) is 18.3 Å². The number of imidazole rings is 1. The molecular weight excluding hydrogens is 525 g/mol. The van der Waals surface area contributed by atoms with E-state index in [1.165, 1.54) is 25.7 Å². The summed E-state index contributed by atoms with van der Waals surface area (Å²) in [6.07, 6.45) is -0.700. The number of hydrogen-bond acceptors (Lipinski definition) is 7. The SMILES string of the molecule is COc1nc2ccc([C@](O)(c3ccc(C(F)(F)F)nc3)c3cncn3C)cc2c(Cl)c1OCC1(C)COC1. The number of aliphatic hydroxyl groups is 1. The van der Waals surface area contributed by atoms with Crippen LogP contribution in [-0.4, -0.2) is 51.6 Å². The molecule has 1 N–H and O–H groups in total. The van der Waals surface area contributed by atoms with Gasteiger partial charge in [0.05, 0.1) is 55.7 Å². The molecule has 1 fully saturated rings. The number of aryl methyl sites for hydroxylation is 1. The molecular formula is C26H24ClF3N4O4. The number of halogens is 4. The normalized spacial score (nSPS) is 16.6. The third-order valence-electron chi connectivity index (χ3n) is 6.58. The van der Waals surface area contributed by atoms with Gasteiger partial charge in [-0.15, -0.1) is 0 Å². The lowest BCUT2D eigenvalue weighted by Crippen LogP contribution is -2.44. The zero-order valence-electron chi connectivity index (χ0n) is 20.7. The second-order valence-electron chi connectivity index (χ2n) is 9.62. The molecule has 8 nitrogen and oxygen atoms in total. The summed E-state index contributed by atoms with van der Waals surface area (Å²) >= 11 is 6.80. The summed E-state index contributed by atoms with van der Waals surface area (Å²) in [5.41, 5.74) is -1.95. The summed E-state index contributed by atoms with van der Waals surface area (Å²) in [5.74, 6) is 0.445. The van der Waals surface area contributed by atoms with E-state index in [-0.39, 0.29) is 27.6 Å². The fourth-order valence-electron chi connectivity index (χ4n) is 4.40. The number of pyridine rings is 2. The minimum atomic E-state index is -4.62. The van der Waals surface area contributed by atoms with Crippen molar-refractivity contribution in [3.8, 4) is 11.6 Å². The highest BCUT2D eigenvalue weighted by Gasteiger charge is 2.39. The predicted molar refractivity (Wildman–Crippen MR) is 132 cm³/mol. The summed E-state index contributed by atoms with van der Waals surface area (Å²) in [5, 5.41) is 12.8. The van der Waals surface area contributed by atoms with Crippen molar-refractivity contribution in [3.05, 3.63) is 76.6 Å². The molecule has 1 saturated heterocycles. The van der Waals surface area contributed by atoms with Gasteiger partial charge < -0.3 is 23.9 Å². The van der Waals surface area contributed by atoms with Crippen LogP contribution in [0.25, 0.3) is 10.9 Å². The van der Waals surface area contributed by atoms with Crippen LogP contribution in [0.15, 0.2) is 49.1 Å². The number of fused-ring (bicyclic) bond motifs is 1. The zero-order chi connectivity index (χ0) is 27.3. The van der Waals surface area contributed by atoms with E-state index in [0.29, 0.717) is 42.0 Å². The first-order chi connectivity index (χ1) is 18.0. The fourth-order valence-corrected chi connectivity index (χ4v) is 4.69. The van der Waals surface area contributed by atoms with Crippen LogP contribution in [0.4, 0.5) is 13.2 Å². The molecule has 200 valence electrons. The van der Waals surface area contributed by atoms with Crippen molar-refractivity contribution in [1.82, 2.24) is 19.5 Å². The Morgan fingerprint density at radius 1 is 1.16 bits per heavy atom. The van der Waals surface area contributed by atoms with Crippen LogP contribution in [0.1, 0.15) is 29.4 Å². The van der Waals surface area contributed by atoms with Crippen LogP contribution < -0.4 is 9.47 Å². The van der Waals surface area contributed by atoms with E-state index < -0.39 is 17.5 Å². The van der Waals surface area contributed by atoms with Crippen LogP contribution in [-0.2, 0) is 23.6 Å². The minimum absolute atomic E-state index is 0.112. The van der Waals surface area contributed by atoms with E-state index in [4.69, 9.17) is 25.8 Å². The molecule has 4 heterocycles. The molecule has 0 unspecified atom stereocenters. The van der Waals surface area contributed by atoms with E-state index in [1.807, 2.05) is 6.92 Å². The van der Waals surface area contributed by atoms with Crippen molar-refractivity contribution in [2.45, 2.75) is 18.7 Å². The van der Waals surface area contributed by atoms with Gasteiger partial charge in [0, 0.05) is 29.6 Å². The highest BCUT2D eigenvalue weighted by Crippen LogP contribution is 2.43. The van der Waals surface area contributed by atoms with Gasteiger partial charge in [-0.05, 0) is 23.8 Å². The van der Waals surface area contributed by atoms with Gasteiger partial charge >= 0.3 is 6.18 Å². The summed E-state index contributed by atoms with van der Waals surface area (Å²) in [4.78, 5) is 12.2. The average molecular weight is 549 g/mol. The zero-order valence-corrected chi connectivity index (χ0v) is 21.5. The van der Waals surface area contributed by atoms with Gasteiger partial charge in [-0.3, -0.25) is 4.98 Å². The van der Waals surface area contributed by atoms with E-state index in [2.05, 4.69) is 15.0 Å². The molecule has 0 radical (unpaired) electrons. The van der Waals surface area contributed by atoms with Gasteiger partial charge in [-0.2, -0.15) is 13.2 Å². The Morgan fingerprint density at radius 2 is 1.89 bits per heavy atom. The number of methoxy groups -OCH3 is 1. The standard InChI is InChI=1S/C26H24ClF3N4O4/c1-24(11-37-12-24)13-38-22-21(27)17-8-15(4-6-18(17)33-23(22)36-3)25(35,20-10-31-14-34(20)2)16-5-7-19(32-9-16)26(28,29)30/h4-10,14,35H,11-13H2,1-3H3/t25-/m0/s1. The number of hydrogen-bond donors (Lipinski definition) is 1. The quantitative estimate of drug-likeness (QED) is 0.356. The maximum absolute atomic E-state index is 13.2. The molecule has 0 bridgehead atoms. The van der Waals surface area contributed by atoms with Crippen LogP contribution in [0.3, 0.4) is 0 Å².